The topological polar surface area (TPSA) is 74.3 Å². The number of benzene rings is 1. The first-order chi connectivity index (χ1) is 13.7. The van der Waals surface area contributed by atoms with Gasteiger partial charge in [0.05, 0.1) is 16.3 Å². The highest BCUT2D eigenvalue weighted by atomic mass is 35.5. The number of alkyl halides is 2. The molecule has 2 N–H and O–H groups in total. The van der Waals surface area contributed by atoms with Crippen LogP contribution in [-0.4, -0.2) is 35.8 Å². The van der Waals surface area contributed by atoms with Crippen molar-refractivity contribution in [3.63, 3.8) is 0 Å². The van der Waals surface area contributed by atoms with Crippen molar-refractivity contribution in [3.8, 4) is 0 Å². The molecule has 152 valence electrons. The Hall–Kier alpha value is -2.74. The molecule has 0 bridgehead atoms. The van der Waals surface area contributed by atoms with Crippen molar-refractivity contribution in [1.82, 2.24) is 10.3 Å². The van der Waals surface area contributed by atoms with E-state index in [1.165, 1.54) is 6.07 Å². The van der Waals surface area contributed by atoms with Crippen LogP contribution in [0.25, 0.3) is 0 Å². The number of fused-ring (bicyclic) bond motifs is 1. The van der Waals surface area contributed by atoms with Crippen LogP contribution in [0.1, 0.15) is 44.8 Å². The zero-order valence-corrected chi connectivity index (χ0v) is 16.4. The van der Waals surface area contributed by atoms with Gasteiger partial charge in [-0.25, -0.2) is 13.8 Å². The molecule has 1 fully saturated rings. The van der Waals surface area contributed by atoms with Gasteiger partial charge in [-0.15, -0.1) is 0 Å². The number of halogens is 3. The Morgan fingerprint density at radius 2 is 2.00 bits per heavy atom. The number of pyridine rings is 1. The second kappa shape index (κ2) is 7.26. The van der Waals surface area contributed by atoms with Crippen LogP contribution < -0.4 is 15.5 Å². The molecule has 0 atom stereocenters. The molecule has 0 aliphatic carbocycles. The third-order valence-corrected chi connectivity index (χ3v) is 5.60. The minimum Gasteiger partial charge on any atom is -0.355 e. The molecule has 6 nitrogen and oxygen atoms in total. The lowest BCUT2D eigenvalue weighted by Crippen LogP contribution is -2.40. The summed E-state index contributed by atoms with van der Waals surface area (Å²) in [6, 6.07) is 6.60. The van der Waals surface area contributed by atoms with Crippen LogP contribution in [0.3, 0.4) is 0 Å². The van der Waals surface area contributed by atoms with E-state index in [0.717, 1.165) is 5.56 Å². The van der Waals surface area contributed by atoms with E-state index in [9.17, 15) is 18.4 Å². The number of carbonyl (C=O) groups is 2. The molecule has 2 aliphatic rings. The average Bonchev–Trinajstić information content (AvgIpc) is 3.04. The number of hydrogen-bond acceptors (Lipinski definition) is 4. The third kappa shape index (κ3) is 3.89. The molecule has 2 aliphatic heterocycles. The lowest BCUT2D eigenvalue weighted by molar-refractivity contribution is -0.0221. The predicted molar refractivity (Wildman–Crippen MR) is 106 cm³/mol. The van der Waals surface area contributed by atoms with Gasteiger partial charge in [0, 0.05) is 43.7 Å². The van der Waals surface area contributed by atoms with Crippen molar-refractivity contribution in [2.24, 2.45) is 0 Å². The van der Waals surface area contributed by atoms with E-state index >= 15 is 0 Å². The minimum atomic E-state index is -2.70. The van der Waals surface area contributed by atoms with Crippen molar-refractivity contribution in [2.45, 2.75) is 32.2 Å². The lowest BCUT2D eigenvalue weighted by Gasteiger charge is -2.33. The summed E-state index contributed by atoms with van der Waals surface area (Å²) in [5, 5.41) is 5.80. The molecule has 1 aromatic carbocycles. The first-order valence-electron chi connectivity index (χ1n) is 9.26. The average molecular weight is 421 g/mol. The number of aryl methyl sites for hydroxylation is 1. The maximum Gasteiger partial charge on any atom is 0.259 e. The van der Waals surface area contributed by atoms with Crippen molar-refractivity contribution >= 4 is 34.9 Å². The summed E-state index contributed by atoms with van der Waals surface area (Å²) < 4.78 is 27.1. The summed E-state index contributed by atoms with van der Waals surface area (Å²) in [5.74, 6) is -3.03. The molecular weight excluding hydrogens is 402 g/mol. The first-order valence-corrected chi connectivity index (χ1v) is 9.64. The highest BCUT2D eigenvalue weighted by Gasteiger charge is 2.35. The number of carbonyl (C=O) groups excluding carboxylic acids is 2. The van der Waals surface area contributed by atoms with E-state index in [1.807, 2.05) is 0 Å². The molecule has 0 radical (unpaired) electrons. The predicted octanol–water partition coefficient (Wildman–Crippen LogP) is 3.77. The number of nitrogens with zero attached hydrogens (tertiary/aromatic N) is 2. The fourth-order valence-electron chi connectivity index (χ4n) is 3.51. The first kappa shape index (κ1) is 19.6. The van der Waals surface area contributed by atoms with E-state index in [2.05, 4.69) is 15.6 Å². The number of aromatic nitrogens is 1. The highest BCUT2D eigenvalue weighted by molar-refractivity contribution is 6.31. The Labute approximate surface area is 171 Å². The van der Waals surface area contributed by atoms with Gasteiger partial charge in [0.15, 0.2) is 0 Å². The summed E-state index contributed by atoms with van der Waals surface area (Å²) in [4.78, 5) is 30.9. The van der Waals surface area contributed by atoms with Crippen LogP contribution in [0, 0.1) is 6.92 Å². The Balaban J connectivity index is 1.62. The minimum absolute atomic E-state index is 0.0976. The summed E-state index contributed by atoms with van der Waals surface area (Å²) in [7, 11) is 0. The molecule has 0 unspecified atom stereocenters. The van der Waals surface area contributed by atoms with Crippen LogP contribution in [0.5, 0.6) is 0 Å². The molecule has 2 aromatic rings. The van der Waals surface area contributed by atoms with Gasteiger partial charge in [-0.1, -0.05) is 17.7 Å². The normalized spacial score (nSPS) is 17.7. The van der Waals surface area contributed by atoms with Gasteiger partial charge in [-0.3, -0.25) is 9.59 Å². The van der Waals surface area contributed by atoms with Crippen LogP contribution in [0.2, 0.25) is 5.02 Å². The standard InChI is InChI=1S/C20H19ClF2N4O2/c1-11-16(21)9-15(17(25-11)27-6-4-20(22,23)5-7-27)19(29)26-13-3-2-12-10-24-18(28)14(12)8-13/h2-3,8-9H,4-7,10H2,1H3,(H,24,28)(H,26,29). The molecule has 3 heterocycles. The summed E-state index contributed by atoms with van der Waals surface area (Å²) in [5.41, 5.74) is 2.56. The second-order valence-corrected chi connectivity index (χ2v) is 7.69. The SMILES string of the molecule is Cc1nc(N2CCC(F)(F)CC2)c(C(=O)Nc2ccc3c(c2)C(=O)NC3)cc1Cl. The molecule has 29 heavy (non-hydrogen) atoms. The van der Waals surface area contributed by atoms with E-state index in [-0.39, 0.29) is 37.4 Å². The molecule has 2 amide bonds. The molecule has 1 saturated heterocycles. The van der Waals surface area contributed by atoms with Crippen molar-refractivity contribution in [1.29, 1.82) is 0 Å². The fraction of sp³-hybridized carbons (Fsp3) is 0.350. The van der Waals surface area contributed by atoms with E-state index in [4.69, 9.17) is 11.6 Å². The van der Waals surface area contributed by atoms with Gasteiger partial charge in [0.2, 0.25) is 0 Å². The highest BCUT2D eigenvalue weighted by Crippen LogP contribution is 2.33. The number of rotatable bonds is 3. The summed E-state index contributed by atoms with van der Waals surface area (Å²) in [6.45, 7) is 2.36. The molecule has 9 heteroatoms. The maximum absolute atomic E-state index is 13.5. The van der Waals surface area contributed by atoms with Crippen LogP contribution >= 0.6 is 11.6 Å². The third-order valence-electron chi connectivity index (χ3n) is 5.22. The van der Waals surface area contributed by atoms with Gasteiger partial charge < -0.3 is 15.5 Å². The number of nitrogens with one attached hydrogen (secondary N) is 2. The number of amides is 2. The van der Waals surface area contributed by atoms with Crippen molar-refractivity contribution in [2.75, 3.05) is 23.3 Å². The Morgan fingerprint density at radius 3 is 2.72 bits per heavy atom. The Kier molecular flexibility index (Phi) is 4.90. The number of piperidine rings is 1. The Bertz CT molecular complexity index is 1000. The van der Waals surface area contributed by atoms with Crippen molar-refractivity contribution in [3.05, 3.63) is 51.7 Å². The quantitative estimate of drug-likeness (QED) is 0.792. The molecule has 0 saturated carbocycles. The van der Waals surface area contributed by atoms with Crippen LogP contribution in [0.4, 0.5) is 20.3 Å². The van der Waals surface area contributed by atoms with Crippen LogP contribution in [-0.2, 0) is 6.54 Å². The molecule has 1 aromatic heterocycles. The zero-order valence-electron chi connectivity index (χ0n) is 15.7. The number of anilines is 2. The fourth-order valence-corrected chi connectivity index (χ4v) is 3.66. The monoisotopic (exact) mass is 420 g/mol. The number of hydrogen-bond donors (Lipinski definition) is 2. The van der Waals surface area contributed by atoms with Crippen molar-refractivity contribution < 1.29 is 18.4 Å². The Morgan fingerprint density at radius 1 is 1.28 bits per heavy atom. The van der Waals surface area contributed by atoms with Gasteiger partial charge in [-0.2, -0.15) is 0 Å². The second-order valence-electron chi connectivity index (χ2n) is 7.28. The molecule has 4 rings (SSSR count). The maximum atomic E-state index is 13.5. The van der Waals surface area contributed by atoms with E-state index < -0.39 is 11.8 Å². The summed E-state index contributed by atoms with van der Waals surface area (Å²) in [6.07, 6.45) is -0.589. The summed E-state index contributed by atoms with van der Waals surface area (Å²) >= 11 is 6.18. The van der Waals surface area contributed by atoms with Gasteiger partial charge in [0.25, 0.3) is 17.7 Å². The zero-order chi connectivity index (χ0) is 20.8. The van der Waals surface area contributed by atoms with Gasteiger partial charge >= 0.3 is 0 Å². The van der Waals surface area contributed by atoms with E-state index in [1.54, 1.807) is 30.0 Å². The van der Waals surface area contributed by atoms with E-state index in [0.29, 0.717) is 34.3 Å². The van der Waals surface area contributed by atoms with Gasteiger partial charge in [-0.05, 0) is 30.7 Å². The molecular formula is C20H19ClF2N4O2. The molecule has 0 spiro atoms. The largest absolute Gasteiger partial charge is 0.355 e. The smallest absolute Gasteiger partial charge is 0.259 e. The lowest BCUT2D eigenvalue weighted by atomic mass is 10.1. The van der Waals surface area contributed by atoms with Gasteiger partial charge in [0.1, 0.15) is 5.82 Å². The van der Waals surface area contributed by atoms with Crippen LogP contribution in [0.15, 0.2) is 24.3 Å².